The fourth-order valence-corrected chi connectivity index (χ4v) is 6.02. The number of carbonyl (C=O) groups is 2. The normalized spacial score (nSPS) is 19.6. The number of rotatable bonds is 8. The van der Waals surface area contributed by atoms with Crippen LogP contribution in [-0.4, -0.2) is 24.5 Å². The first kappa shape index (κ1) is 26.7. The van der Waals surface area contributed by atoms with Gasteiger partial charge in [0.15, 0.2) is 17.6 Å². The van der Waals surface area contributed by atoms with Crippen LogP contribution < -0.4 is 19.4 Å². The topological polar surface area (TPSA) is 68.3 Å². The molecule has 0 bridgehead atoms. The number of carbonyl (C=O) groups excluding carboxylic acids is 2. The molecule has 7 nitrogen and oxygen atoms in total. The fourth-order valence-electron chi connectivity index (χ4n) is 6.02. The van der Waals surface area contributed by atoms with E-state index in [0.717, 1.165) is 27.6 Å². The van der Waals surface area contributed by atoms with E-state index in [0.29, 0.717) is 30.4 Å². The Morgan fingerprint density at radius 3 is 2.23 bits per heavy atom. The molecule has 2 aliphatic rings. The number of hydrogen-bond donors (Lipinski definition) is 0. The Morgan fingerprint density at radius 2 is 1.44 bits per heavy atom. The molecule has 2 aliphatic heterocycles. The summed E-state index contributed by atoms with van der Waals surface area (Å²) in [7, 11) is 0. The number of para-hydroxylation sites is 1. The summed E-state index contributed by atoms with van der Waals surface area (Å²) >= 11 is 0. The lowest BCUT2D eigenvalue weighted by Gasteiger charge is -2.29. The molecule has 0 N–H and O–H groups in total. The van der Waals surface area contributed by atoms with E-state index >= 15 is 0 Å². The second-order valence-corrected chi connectivity index (χ2v) is 10.6. The summed E-state index contributed by atoms with van der Waals surface area (Å²) in [5.74, 6) is -0.269. The Kier molecular flexibility index (Phi) is 7.01. The van der Waals surface area contributed by atoms with Gasteiger partial charge in [-0.05, 0) is 53.8 Å². The Morgan fingerprint density at radius 1 is 0.721 bits per heavy atom. The summed E-state index contributed by atoms with van der Waals surface area (Å²) in [6, 6.07) is 38.0. The van der Waals surface area contributed by atoms with Crippen LogP contribution in [0.1, 0.15) is 24.1 Å². The minimum Gasteiger partial charge on any atom is -0.490 e. The average molecular weight is 571 g/mol. The number of benzene rings is 5. The maximum Gasteiger partial charge on any atom is 0.266 e. The number of ether oxygens (including phenoxy) is 2. The van der Waals surface area contributed by atoms with Gasteiger partial charge in [0.05, 0.1) is 24.0 Å². The van der Waals surface area contributed by atoms with Crippen LogP contribution in [0.15, 0.2) is 121 Å². The van der Waals surface area contributed by atoms with Crippen molar-refractivity contribution in [2.45, 2.75) is 25.7 Å². The van der Waals surface area contributed by atoms with Crippen LogP contribution in [0.3, 0.4) is 0 Å². The fraction of sp³-hybridized carbons (Fsp3) is 0.167. The molecule has 5 aromatic carbocycles. The van der Waals surface area contributed by atoms with E-state index in [9.17, 15) is 9.59 Å². The predicted octanol–water partition coefficient (Wildman–Crippen LogP) is 6.87. The smallest absolute Gasteiger partial charge is 0.266 e. The molecule has 2 amide bonds. The standard InChI is InChI=1S/C36H30N2O5/c1-2-41-31-22-26(20-21-30(31)42-23-24-12-5-3-6-13-24)33-32-34(43-38(33)27-16-7-4-8-17-27)36(40)37(35(32)39)29-19-11-15-25-14-9-10-18-28(25)29/h3-22,32-34H,2,23H2,1H3. The van der Waals surface area contributed by atoms with Gasteiger partial charge in [0.1, 0.15) is 12.5 Å². The predicted molar refractivity (Wildman–Crippen MR) is 165 cm³/mol. The van der Waals surface area contributed by atoms with Crippen LogP contribution in [0.5, 0.6) is 11.5 Å². The Balaban J connectivity index is 1.28. The monoisotopic (exact) mass is 570 g/mol. The van der Waals surface area contributed by atoms with Gasteiger partial charge in [-0.15, -0.1) is 0 Å². The zero-order chi connectivity index (χ0) is 29.3. The zero-order valence-electron chi connectivity index (χ0n) is 23.6. The third-order valence-corrected chi connectivity index (χ3v) is 7.98. The molecule has 5 aromatic rings. The Hall–Kier alpha value is -5.14. The molecule has 0 saturated carbocycles. The molecule has 2 heterocycles. The Labute approximate surface area is 249 Å². The first-order valence-electron chi connectivity index (χ1n) is 14.4. The van der Waals surface area contributed by atoms with Crippen molar-refractivity contribution in [1.82, 2.24) is 0 Å². The van der Waals surface area contributed by atoms with Gasteiger partial charge in [-0.1, -0.05) is 91.0 Å². The summed E-state index contributed by atoms with van der Waals surface area (Å²) in [4.78, 5) is 35.9. The minimum atomic E-state index is -0.971. The van der Waals surface area contributed by atoms with E-state index in [1.807, 2.05) is 128 Å². The number of imide groups is 1. The van der Waals surface area contributed by atoms with Crippen LogP contribution in [0, 0.1) is 5.92 Å². The number of hydrogen-bond acceptors (Lipinski definition) is 6. The molecule has 0 aliphatic carbocycles. The first-order valence-corrected chi connectivity index (χ1v) is 14.4. The summed E-state index contributed by atoms with van der Waals surface area (Å²) in [6.07, 6.45) is -0.971. The number of hydroxylamine groups is 1. The van der Waals surface area contributed by atoms with Crippen molar-refractivity contribution in [2.75, 3.05) is 16.6 Å². The van der Waals surface area contributed by atoms with Crippen LogP contribution >= 0.6 is 0 Å². The minimum absolute atomic E-state index is 0.294. The maximum atomic E-state index is 14.3. The molecule has 2 saturated heterocycles. The van der Waals surface area contributed by atoms with Gasteiger partial charge < -0.3 is 9.47 Å². The molecule has 0 spiro atoms. The third kappa shape index (κ3) is 4.77. The number of anilines is 2. The summed E-state index contributed by atoms with van der Waals surface area (Å²) < 4.78 is 12.2. The largest absolute Gasteiger partial charge is 0.490 e. The maximum absolute atomic E-state index is 14.3. The second kappa shape index (κ2) is 11.3. The third-order valence-electron chi connectivity index (χ3n) is 7.98. The van der Waals surface area contributed by atoms with Gasteiger partial charge in [0.2, 0.25) is 5.91 Å². The highest BCUT2D eigenvalue weighted by molar-refractivity contribution is 6.26. The molecular formula is C36H30N2O5. The lowest BCUT2D eigenvalue weighted by atomic mass is 9.90. The average Bonchev–Trinajstić information content (AvgIpc) is 3.56. The van der Waals surface area contributed by atoms with Crippen molar-refractivity contribution in [3.05, 3.63) is 132 Å². The second-order valence-electron chi connectivity index (χ2n) is 10.6. The molecule has 0 radical (unpaired) electrons. The Bertz CT molecular complexity index is 1790. The quantitative estimate of drug-likeness (QED) is 0.190. The molecule has 2 fully saturated rings. The molecule has 7 heteroatoms. The van der Waals surface area contributed by atoms with E-state index in [1.54, 1.807) is 5.06 Å². The van der Waals surface area contributed by atoms with Gasteiger partial charge in [0, 0.05) is 5.39 Å². The number of nitrogens with zero attached hydrogens (tertiary/aromatic N) is 2. The van der Waals surface area contributed by atoms with Gasteiger partial charge in [-0.25, -0.2) is 9.96 Å². The van der Waals surface area contributed by atoms with E-state index in [2.05, 4.69) is 0 Å². The molecular weight excluding hydrogens is 540 g/mol. The zero-order valence-corrected chi connectivity index (χ0v) is 23.6. The van der Waals surface area contributed by atoms with E-state index < -0.39 is 18.1 Å². The summed E-state index contributed by atoms with van der Waals surface area (Å²) in [5, 5.41) is 3.48. The number of fused-ring (bicyclic) bond motifs is 2. The lowest BCUT2D eigenvalue weighted by molar-refractivity contribution is -0.126. The van der Waals surface area contributed by atoms with E-state index in [4.69, 9.17) is 14.3 Å². The van der Waals surface area contributed by atoms with Gasteiger partial charge in [-0.2, -0.15) is 0 Å². The SMILES string of the molecule is CCOc1cc(C2C3C(=O)N(c4cccc5ccccc45)C(=O)C3ON2c2ccccc2)ccc1OCc1ccccc1. The molecule has 3 unspecified atom stereocenters. The summed E-state index contributed by atoms with van der Waals surface area (Å²) in [6.45, 7) is 2.74. The highest BCUT2D eigenvalue weighted by Gasteiger charge is 2.60. The van der Waals surface area contributed by atoms with Gasteiger partial charge in [0.25, 0.3) is 5.91 Å². The van der Waals surface area contributed by atoms with E-state index in [1.165, 1.54) is 4.90 Å². The van der Waals surface area contributed by atoms with Crippen LogP contribution in [0.2, 0.25) is 0 Å². The van der Waals surface area contributed by atoms with Crippen molar-refractivity contribution < 1.29 is 23.9 Å². The molecule has 3 atom stereocenters. The van der Waals surface area contributed by atoms with Crippen LogP contribution in [-0.2, 0) is 21.0 Å². The van der Waals surface area contributed by atoms with Crippen LogP contribution in [0.4, 0.5) is 11.4 Å². The highest BCUT2D eigenvalue weighted by Crippen LogP contribution is 2.49. The summed E-state index contributed by atoms with van der Waals surface area (Å²) in [5.41, 5.74) is 3.14. The molecule has 0 aromatic heterocycles. The highest BCUT2D eigenvalue weighted by atomic mass is 16.7. The van der Waals surface area contributed by atoms with E-state index in [-0.39, 0.29) is 11.8 Å². The molecule has 43 heavy (non-hydrogen) atoms. The molecule has 214 valence electrons. The lowest BCUT2D eigenvalue weighted by Crippen LogP contribution is -2.37. The molecule has 7 rings (SSSR count). The van der Waals surface area contributed by atoms with Crippen molar-refractivity contribution in [2.24, 2.45) is 5.92 Å². The van der Waals surface area contributed by atoms with Crippen molar-refractivity contribution in [1.29, 1.82) is 0 Å². The van der Waals surface area contributed by atoms with Crippen molar-refractivity contribution >= 4 is 34.0 Å². The van der Waals surface area contributed by atoms with Crippen molar-refractivity contribution in [3.8, 4) is 11.5 Å². The van der Waals surface area contributed by atoms with Crippen LogP contribution in [0.25, 0.3) is 10.8 Å². The number of amides is 2. The van der Waals surface area contributed by atoms with Gasteiger partial charge >= 0.3 is 0 Å². The van der Waals surface area contributed by atoms with Crippen molar-refractivity contribution in [3.63, 3.8) is 0 Å². The first-order chi connectivity index (χ1) is 21.1. The van der Waals surface area contributed by atoms with Gasteiger partial charge in [-0.3, -0.25) is 14.4 Å².